The number of aryl methyl sites for hydroxylation is 1. The lowest BCUT2D eigenvalue weighted by atomic mass is 9.96. The third kappa shape index (κ3) is 5.69. The molecule has 1 fully saturated rings. The summed E-state index contributed by atoms with van der Waals surface area (Å²) in [6.45, 7) is 7.12. The van der Waals surface area contributed by atoms with Gasteiger partial charge in [0.15, 0.2) is 0 Å². The summed E-state index contributed by atoms with van der Waals surface area (Å²) in [6.07, 6.45) is 2.05. The van der Waals surface area contributed by atoms with Gasteiger partial charge in [-0.25, -0.2) is 8.42 Å². The molecule has 34 heavy (non-hydrogen) atoms. The largest absolute Gasteiger partial charge is 0.494 e. The van der Waals surface area contributed by atoms with E-state index in [4.69, 9.17) is 4.74 Å². The van der Waals surface area contributed by atoms with Crippen LogP contribution in [0.5, 0.6) is 5.75 Å². The lowest BCUT2D eigenvalue weighted by molar-refractivity contribution is 0.156. The van der Waals surface area contributed by atoms with Crippen LogP contribution in [-0.2, 0) is 10.0 Å². The number of benzene rings is 3. The zero-order valence-corrected chi connectivity index (χ0v) is 20.9. The van der Waals surface area contributed by atoms with Crippen molar-refractivity contribution in [3.05, 3.63) is 95.6 Å². The summed E-state index contributed by atoms with van der Waals surface area (Å²) < 4.78 is 33.8. The number of nitrogens with zero attached hydrogens (tertiary/aromatic N) is 2. The zero-order valence-electron chi connectivity index (χ0n) is 20.1. The van der Waals surface area contributed by atoms with Crippen molar-refractivity contribution in [3.63, 3.8) is 0 Å². The molecular formula is C28H34N2O3S. The lowest BCUT2D eigenvalue weighted by Gasteiger charge is -2.39. The summed E-state index contributed by atoms with van der Waals surface area (Å²) in [4.78, 5) is 2.71. The molecule has 0 saturated carbocycles. The van der Waals surface area contributed by atoms with Gasteiger partial charge < -0.3 is 4.74 Å². The molecular weight excluding hydrogens is 444 g/mol. The van der Waals surface area contributed by atoms with E-state index < -0.39 is 10.0 Å². The highest BCUT2D eigenvalue weighted by molar-refractivity contribution is 7.89. The molecule has 0 unspecified atom stereocenters. The number of unbranched alkanes of at least 4 members (excludes halogenated alkanes) is 1. The second-order valence-corrected chi connectivity index (χ2v) is 10.8. The topological polar surface area (TPSA) is 49.9 Å². The molecule has 1 aliphatic rings. The molecule has 0 spiro atoms. The first kappa shape index (κ1) is 24.5. The molecule has 0 aromatic heterocycles. The Labute approximate surface area is 204 Å². The Kier molecular flexibility index (Phi) is 8.03. The fourth-order valence-electron chi connectivity index (χ4n) is 4.39. The number of hydrogen-bond acceptors (Lipinski definition) is 4. The van der Waals surface area contributed by atoms with E-state index >= 15 is 0 Å². The van der Waals surface area contributed by atoms with Crippen molar-refractivity contribution in [2.24, 2.45) is 0 Å². The van der Waals surface area contributed by atoms with Crippen molar-refractivity contribution < 1.29 is 13.2 Å². The zero-order chi connectivity index (χ0) is 24.0. The van der Waals surface area contributed by atoms with E-state index in [1.54, 1.807) is 28.6 Å². The van der Waals surface area contributed by atoms with Crippen molar-refractivity contribution in [1.29, 1.82) is 0 Å². The van der Waals surface area contributed by atoms with E-state index in [9.17, 15) is 8.42 Å². The van der Waals surface area contributed by atoms with E-state index in [0.717, 1.165) is 12.8 Å². The summed E-state index contributed by atoms with van der Waals surface area (Å²) >= 11 is 0. The Bertz CT molecular complexity index is 1140. The van der Waals surface area contributed by atoms with Crippen LogP contribution in [0.1, 0.15) is 42.5 Å². The van der Waals surface area contributed by atoms with Gasteiger partial charge in [0, 0.05) is 26.2 Å². The SMILES string of the molecule is CCCCOc1ccc(S(=O)(=O)N2CCN([C@@H](c3ccccc3)c3ccc(C)cc3)CC2)cc1. The highest BCUT2D eigenvalue weighted by Crippen LogP contribution is 2.31. The highest BCUT2D eigenvalue weighted by Gasteiger charge is 2.32. The van der Waals surface area contributed by atoms with Crippen LogP contribution in [0.4, 0.5) is 0 Å². The smallest absolute Gasteiger partial charge is 0.243 e. The maximum atomic E-state index is 13.3. The highest BCUT2D eigenvalue weighted by atomic mass is 32.2. The Morgan fingerprint density at radius 3 is 2.06 bits per heavy atom. The standard InChI is InChI=1S/C28H34N2O3S/c1-3-4-22-33-26-14-16-27(17-15-26)34(31,32)30-20-18-29(19-21-30)28(24-8-6-5-7-9-24)25-12-10-23(2)11-13-25/h5-17,28H,3-4,18-22H2,1-2H3/t28-/m0/s1. The van der Waals surface area contributed by atoms with Crippen molar-refractivity contribution in [3.8, 4) is 5.75 Å². The van der Waals surface area contributed by atoms with E-state index in [0.29, 0.717) is 43.4 Å². The summed E-state index contributed by atoms with van der Waals surface area (Å²) in [5, 5.41) is 0. The first-order chi connectivity index (χ1) is 16.5. The molecule has 0 N–H and O–H groups in total. The predicted octanol–water partition coefficient (Wildman–Crippen LogP) is 5.27. The molecule has 1 atom stereocenters. The normalized spacial score (nSPS) is 16.3. The third-order valence-corrected chi connectivity index (χ3v) is 8.29. The molecule has 6 heteroatoms. The van der Waals surface area contributed by atoms with Crippen molar-refractivity contribution in [1.82, 2.24) is 9.21 Å². The molecule has 3 aromatic rings. The molecule has 5 nitrogen and oxygen atoms in total. The average Bonchev–Trinajstić information content (AvgIpc) is 2.87. The number of rotatable bonds is 9. The molecule has 1 saturated heterocycles. The summed E-state index contributed by atoms with van der Waals surface area (Å²) in [6, 6.07) is 26.0. The van der Waals surface area contributed by atoms with Gasteiger partial charge in [0.1, 0.15) is 5.75 Å². The van der Waals surface area contributed by atoms with Gasteiger partial charge in [0.25, 0.3) is 0 Å². The van der Waals surface area contributed by atoms with Gasteiger partial charge in [-0.3, -0.25) is 4.90 Å². The van der Waals surface area contributed by atoms with E-state index in [-0.39, 0.29) is 6.04 Å². The van der Waals surface area contributed by atoms with Gasteiger partial charge in [-0.1, -0.05) is 73.5 Å². The van der Waals surface area contributed by atoms with Gasteiger partial charge in [-0.05, 0) is 48.7 Å². The average molecular weight is 479 g/mol. The van der Waals surface area contributed by atoms with Crippen LogP contribution < -0.4 is 4.74 Å². The molecule has 180 valence electrons. The summed E-state index contributed by atoms with van der Waals surface area (Å²) in [5.41, 5.74) is 3.68. The van der Waals surface area contributed by atoms with Crippen LogP contribution in [0.25, 0.3) is 0 Å². The first-order valence-electron chi connectivity index (χ1n) is 12.1. The molecule has 1 heterocycles. The molecule has 1 aliphatic heterocycles. The van der Waals surface area contributed by atoms with Gasteiger partial charge in [0.2, 0.25) is 10.0 Å². The van der Waals surface area contributed by atoms with Crippen molar-refractivity contribution >= 4 is 10.0 Å². The minimum absolute atomic E-state index is 0.103. The van der Waals surface area contributed by atoms with Gasteiger partial charge in [0.05, 0.1) is 17.5 Å². The Morgan fingerprint density at radius 2 is 1.44 bits per heavy atom. The fraction of sp³-hybridized carbons (Fsp3) is 0.357. The fourth-order valence-corrected chi connectivity index (χ4v) is 5.81. The minimum Gasteiger partial charge on any atom is -0.494 e. The monoisotopic (exact) mass is 478 g/mol. The van der Waals surface area contributed by atoms with Crippen molar-refractivity contribution in [2.75, 3.05) is 32.8 Å². The van der Waals surface area contributed by atoms with Crippen LogP contribution in [0.15, 0.2) is 83.8 Å². The number of piperazine rings is 1. The Balaban J connectivity index is 1.47. The van der Waals surface area contributed by atoms with Crippen LogP contribution in [0.2, 0.25) is 0 Å². The summed E-state index contributed by atoms with van der Waals surface area (Å²) in [5.74, 6) is 0.709. The number of sulfonamides is 1. The second kappa shape index (κ2) is 11.2. The van der Waals surface area contributed by atoms with E-state index in [1.165, 1.54) is 16.7 Å². The quantitative estimate of drug-likeness (QED) is 0.393. The van der Waals surface area contributed by atoms with Crippen LogP contribution in [-0.4, -0.2) is 50.4 Å². The predicted molar refractivity (Wildman–Crippen MR) is 137 cm³/mol. The molecule has 0 bridgehead atoms. The molecule has 4 rings (SSSR count). The molecule has 0 aliphatic carbocycles. The van der Waals surface area contributed by atoms with E-state index in [1.807, 2.05) is 6.07 Å². The first-order valence-corrected chi connectivity index (χ1v) is 13.5. The van der Waals surface area contributed by atoms with Crippen LogP contribution in [0.3, 0.4) is 0 Å². The maximum Gasteiger partial charge on any atom is 0.243 e. The van der Waals surface area contributed by atoms with E-state index in [2.05, 4.69) is 67.3 Å². The van der Waals surface area contributed by atoms with Gasteiger partial charge >= 0.3 is 0 Å². The van der Waals surface area contributed by atoms with Gasteiger partial charge in [-0.15, -0.1) is 0 Å². The van der Waals surface area contributed by atoms with Gasteiger partial charge in [-0.2, -0.15) is 4.31 Å². The number of ether oxygens (including phenoxy) is 1. The lowest BCUT2D eigenvalue weighted by Crippen LogP contribution is -2.49. The molecule has 0 radical (unpaired) electrons. The maximum absolute atomic E-state index is 13.3. The van der Waals surface area contributed by atoms with Crippen LogP contribution in [0, 0.1) is 6.92 Å². The Morgan fingerprint density at radius 1 is 0.824 bits per heavy atom. The van der Waals surface area contributed by atoms with Crippen LogP contribution >= 0.6 is 0 Å². The Hall–Kier alpha value is -2.67. The summed E-state index contributed by atoms with van der Waals surface area (Å²) in [7, 11) is -3.54. The van der Waals surface area contributed by atoms with Crippen molar-refractivity contribution in [2.45, 2.75) is 37.6 Å². The molecule has 0 amide bonds. The third-order valence-electron chi connectivity index (χ3n) is 6.37. The number of hydrogen-bond donors (Lipinski definition) is 0. The minimum atomic E-state index is -3.54. The molecule has 3 aromatic carbocycles. The second-order valence-electron chi connectivity index (χ2n) is 8.84.